The molecule has 18 heavy (non-hydrogen) atoms. The fraction of sp³-hybridized carbons (Fsp3) is 0.533. The summed E-state index contributed by atoms with van der Waals surface area (Å²) in [6.07, 6.45) is -0.0507. The van der Waals surface area contributed by atoms with Crippen molar-refractivity contribution in [3.63, 3.8) is 0 Å². The van der Waals surface area contributed by atoms with E-state index in [2.05, 4.69) is 37.8 Å². The molecule has 1 saturated heterocycles. The number of carbonyl (C=O) groups is 1. The predicted molar refractivity (Wildman–Crippen MR) is 71.4 cm³/mol. The maximum Gasteiger partial charge on any atom is 0.328 e. The number of ether oxygens (including phenoxy) is 1. The largest absolute Gasteiger partial charge is 0.460 e. The van der Waals surface area contributed by atoms with E-state index in [4.69, 9.17) is 4.74 Å². The van der Waals surface area contributed by atoms with Gasteiger partial charge in [-0.05, 0) is 51.4 Å². The van der Waals surface area contributed by atoms with Crippen LogP contribution < -0.4 is 0 Å². The monoisotopic (exact) mass is 247 g/mol. The molecule has 1 heterocycles. The van der Waals surface area contributed by atoms with Crippen molar-refractivity contribution in [1.29, 1.82) is 0 Å². The zero-order valence-corrected chi connectivity index (χ0v) is 11.7. The Labute approximate surface area is 109 Å². The number of carbonyl (C=O) groups excluding carboxylic acids is 1. The minimum atomic E-state index is -0.282. The van der Waals surface area contributed by atoms with E-state index in [-0.39, 0.29) is 24.2 Å². The second kappa shape index (κ2) is 4.73. The van der Waals surface area contributed by atoms with Gasteiger partial charge in [0.1, 0.15) is 12.1 Å². The quantitative estimate of drug-likeness (QED) is 0.714. The molecular weight excluding hydrogens is 226 g/mol. The molecule has 1 fully saturated rings. The first kappa shape index (κ1) is 13.1. The Balaban J connectivity index is 2.36. The van der Waals surface area contributed by atoms with Gasteiger partial charge in [0.2, 0.25) is 0 Å². The predicted octanol–water partition coefficient (Wildman–Crippen LogP) is 2.61. The summed E-state index contributed by atoms with van der Waals surface area (Å²) in [4.78, 5) is 14.2. The van der Waals surface area contributed by atoms with E-state index in [0.717, 1.165) is 5.56 Å². The zero-order chi connectivity index (χ0) is 13.4. The van der Waals surface area contributed by atoms with Crippen molar-refractivity contribution in [2.24, 2.45) is 0 Å². The Kier molecular flexibility index (Phi) is 3.44. The fourth-order valence-electron chi connectivity index (χ4n) is 2.38. The van der Waals surface area contributed by atoms with E-state index >= 15 is 0 Å². The smallest absolute Gasteiger partial charge is 0.328 e. The molecule has 0 saturated carbocycles. The Morgan fingerprint density at radius 1 is 1.17 bits per heavy atom. The number of hydrogen-bond donors (Lipinski definition) is 0. The van der Waals surface area contributed by atoms with Crippen LogP contribution in [0.3, 0.4) is 0 Å². The highest BCUT2D eigenvalue weighted by molar-refractivity contribution is 5.78. The van der Waals surface area contributed by atoms with E-state index in [9.17, 15) is 4.79 Å². The Morgan fingerprint density at radius 2 is 1.83 bits per heavy atom. The van der Waals surface area contributed by atoms with Gasteiger partial charge in [-0.2, -0.15) is 0 Å². The second-order valence-electron chi connectivity index (χ2n) is 5.29. The standard InChI is InChI=1S/C15H21NO2/c1-9-6-7-13(8-10(9)2)14-15(17)18-12(4)11(3)16(14)5/h6-8,11-12,14H,1-5H3. The van der Waals surface area contributed by atoms with Crippen molar-refractivity contribution in [3.8, 4) is 0 Å². The Bertz CT molecular complexity index is 470. The molecule has 3 heteroatoms. The van der Waals surface area contributed by atoms with Crippen LogP contribution >= 0.6 is 0 Å². The van der Waals surface area contributed by atoms with E-state index in [0.29, 0.717) is 0 Å². The maximum absolute atomic E-state index is 12.1. The molecule has 98 valence electrons. The number of nitrogens with zero attached hydrogens (tertiary/aromatic N) is 1. The Morgan fingerprint density at radius 3 is 2.44 bits per heavy atom. The summed E-state index contributed by atoms with van der Waals surface area (Å²) in [6, 6.07) is 6.12. The van der Waals surface area contributed by atoms with Crippen molar-refractivity contribution in [2.75, 3.05) is 7.05 Å². The highest BCUT2D eigenvalue weighted by atomic mass is 16.5. The van der Waals surface area contributed by atoms with Crippen LogP contribution in [0.4, 0.5) is 0 Å². The molecule has 3 nitrogen and oxygen atoms in total. The first-order chi connectivity index (χ1) is 8.41. The average Bonchev–Trinajstić information content (AvgIpc) is 2.31. The first-order valence-electron chi connectivity index (χ1n) is 6.41. The molecule has 1 aromatic carbocycles. The molecule has 0 amide bonds. The summed E-state index contributed by atoms with van der Waals surface area (Å²) in [7, 11) is 1.99. The zero-order valence-electron chi connectivity index (χ0n) is 11.7. The van der Waals surface area contributed by atoms with Crippen LogP contribution in [0, 0.1) is 13.8 Å². The number of cyclic esters (lactones) is 1. The van der Waals surface area contributed by atoms with Crippen LogP contribution in [0.1, 0.15) is 36.6 Å². The molecule has 0 N–H and O–H groups in total. The van der Waals surface area contributed by atoms with Crippen molar-refractivity contribution in [3.05, 3.63) is 34.9 Å². The normalized spacial score (nSPS) is 29.2. The molecule has 2 rings (SSSR count). The van der Waals surface area contributed by atoms with Gasteiger partial charge in [0.25, 0.3) is 0 Å². The molecule has 1 aliphatic rings. The lowest BCUT2D eigenvalue weighted by Gasteiger charge is -2.40. The number of likely N-dealkylation sites (N-methyl/N-ethyl adjacent to an activating group) is 1. The number of hydrogen-bond acceptors (Lipinski definition) is 3. The lowest BCUT2D eigenvalue weighted by molar-refractivity contribution is -0.169. The third-order valence-corrected chi connectivity index (χ3v) is 4.10. The van der Waals surface area contributed by atoms with Gasteiger partial charge in [-0.25, -0.2) is 4.79 Å². The minimum Gasteiger partial charge on any atom is -0.460 e. The van der Waals surface area contributed by atoms with Gasteiger partial charge in [0.05, 0.1) is 0 Å². The molecule has 0 bridgehead atoms. The van der Waals surface area contributed by atoms with Crippen molar-refractivity contribution in [1.82, 2.24) is 4.90 Å². The van der Waals surface area contributed by atoms with Crippen molar-refractivity contribution < 1.29 is 9.53 Å². The van der Waals surface area contributed by atoms with Gasteiger partial charge >= 0.3 is 5.97 Å². The molecule has 1 aromatic rings. The molecule has 3 unspecified atom stereocenters. The highest BCUT2D eigenvalue weighted by Gasteiger charge is 2.38. The SMILES string of the molecule is Cc1ccc(C2C(=O)OC(C)C(C)N2C)cc1C. The Hall–Kier alpha value is -1.35. The lowest BCUT2D eigenvalue weighted by atomic mass is 9.97. The third kappa shape index (κ3) is 2.15. The van der Waals surface area contributed by atoms with Gasteiger partial charge in [-0.3, -0.25) is 4.90 Å². The second-order valence-corrected chi connectivity index (χ2v) is 5.29. The van der Waals surface area contributed by atoms with Crippen molar-refractivity contribution >= 4 is 5.97 Å². The van der Waals surface area contributed by atoms with E-state index in [1.54, 1.807) is 0 Å². The number of rotatable bonds is 1. The summed E-state index contributed by atoms with van der Waals surface area (Å²) < 4.78 is 5.43. The maximum atomic E-state index is 12.1. The third-order valence-electron chi connectivity index (χ3n) is 4.10. The van der Waals surface area contributed by atoms with Crippen molar-refractivity contribution in [2.45, 2.75) is 45.9 Å². The molecule has 0 aromatic heterocycles. The summed E-state index contributed by atoms with van der Waals surface area (Å²) >= 11 is 0. The first-order valence-corrected chi connectivity index (χ1v) is 6.41. The van der Waals surface area contributed by atoms with Gasteiger partial charge < -0.3 is 4.74 Å². The number of aryl methyl sites for hydroxylation is 2. The van der Waals surface area contributed by atoms with Crippen LogP contribution in [0.2, 0.25) is 0 Å². The van der Waals surface area contributed by atoms with Gasteiger partial charge in [-0.15, -0.1) is 0 Å². The molecule has 0 spiro atoms. The summed E-state index contributed by atoms with van der Waals surface area (Å²) in [5.74, 6) is -0.147. The van der Waals surface area contributed by atoms with Crippen LogP contribution in [0.25, 0.3) is 0 Å². The topological polar surface area (TPSA) is 29.5 Å². The van der Waals surface area contributed by atoms with E-state index < -0.39 is 0 Å². The van der Waals surface area contributed by atoms with Crippen LogP contribution in [0.5, 0.6) is 0 Å². The number of benzene rings is 1. The van der Waals surface area contributed by atoms with Gasteiger partial charge in [-0.1, -0.05) is 18.2 Å². The van der Waals surface area contributed by atoms with Crippen LogP contribution in [-0.4, -0.2) is 30.1 Å². The average molecular weight is 247 g/mol. The minimum absolute atomic E-state index is 0.0507. The van der Waals surface area contributed by atoms with E-state index in [1.165, 1.54) is 11.1 Å². The lowest BCUT2D eigenvalue weighted by Crippen LogP contribution is -2.50. The van der Waals surface area contributed by atoms with E-state index in [1.807, 2.05) is 20.0 Å². The summed E-state index contributed by atoms with van der Waals surface area (Å²) in [5, 5.41) is 0. The molecular formula is C15H21NO2. The number of esters is 1. The molecule has 3 atom stereocenters. The fourth-order valence-corrected chi connectivity index (χ4v) is 2.38. The summed E-state index contributed by atoms with van der Waals surface area (Å²) in [6.45, 7) is 8.17. The molecule has 0 radical (unpaired) electrons. The van der Waals surface area contributed by atoms with Gasteiger partial charge in [0, 0.05) is 6.04 Å². The van der Waals surface area contributed by atoms with Crippen LogP contribution in [0.15, 0.2) is 18.2 Å². The molecule has 1 aliphatic heterocycles. The highest BCUT2D eigenvalue weighted by Crippen LogP contribution is 2.30. The molecule has 0 aliphatic carbocycles. The van der Waals surface area contributed by atoms with Gasteiger partial charge in [0.15, 0.2) is 0 Å². The number of morpholine rings is 1. The summed E-state index contributed by atoms with van der Waals surface area (Å²) in [5.41, 5.74) is 3.47. The van der Waals surface area contributed by atoms with Crippen LogP contribution in [-0.2, 0) is 9.53 Å².